The Morgan fingerprint density at radius 1 is 1.43 bits per heavy atom. The lowest BCUT2D eigenvalue weighted by Gasteiger charge is -2.39. The molecule has 3 atom stereocenters. The summed E-state index contributed by atoms with van der Waals surface area (Å²) < 4.78 is 16.0. The van der Waals surface area contributed by atoms with Crippen LogP contribution in [0.1, 0.15) is 60.3 Å². The highest BCUT2D eigenvalue weighted by molar-refractivity contribution is 5.71. The standard InChI is InChI=1S/C17H31NO5/c1-13(22-12-21-6)11-14-7-8-17(5,9-10-19)18(14)15(20)23-16(2,3)4/h10,13-14H,7-9,11-12H2,1-6H3. The van der Waals surface area contributed by atoms with Gasteiger partial charge in [0.25, 0.3) is 0 Å². The molecule has 0 aromatic heterocycles. The fourth-order valence-electron chi connectivity index (χ4n) is 3.09. The SMILES string of the molecule is COCOC(C)CC1CCC(C)(CC=O)N1C(=O)OC(C)(C)C. The number of nitrogens with zero attached hydrogens (tertiary/aromatic N) is 1. The molecule has 0 saturated carbocycles. The Morgan fingerprint density at radius 2 is 2.09 bits per heavy atom. The Hall–Kier alpha value is -1.14. The highest BCUT2D eigenvalue weighted by atomic mass is 16.7. The van der Waals surface area contributed by atoms with Crippen LogP contribution in [0.5, 0.6) is 0 Å². The number of hydrogen-bond acceptors (Lipinski definition) is 5. The van der Waals surface area contributed by atoms with Gasteiger partial charge in [-0.2, -0.15) is 0 Å². The van der Waals surface area contributed by atoms with Gasteiger partial charge in [0, 0.05) is 19.6 Å². The quantitative estimate of drug-likeness (QED) is 0.530. The summed E-state index contributed by atoms with van der Waals surface area (Å²) in [4.78, 5) is 25.5. The van der Waals surface area contributed by atoms with Crippen molar-refractivity contribution >= 4 is 12.4 Å². The second-order valence-corrected chi connectivity index (χ2v) is 7.53. The maximum absolute atomic E-state index is 12.7. The Kier molecular flexibility index (Phi) is 7.02. The second kappa shape index (κ2) is 8.11. The number of aldehydes is 1. The molecule has 1 amide bonds. The molecule has 1 fully saturated rings. The fourth-order valence-corrected chi connectivity index (χ4v) is 3.09. The predicted octanol–water partition coefficient (Wildman–Crippen LogP) is 3.13. The third-order valence-electron chi connectivity index (χ3n) is 4.15. The summed E-state index contributed by atoms with van der Waals surface area (Å²) in [6.07, 6.45) is 3.11. The van der Waals surface area contributed by atoms with Gasteiger partial charge in [-0.05, 0) is 53.9 Å². The molecular formula is C17H31NO5. The van der Waals surface area contributed by atoms with Crippen molar-refractivity contribution in [3.63, 3.8) is 0 Å². The highest BCUT2D eigenvalue weighted by Crippen LogP contribution is 2.39. The van der Waals surface area contributed by atoms with E-state index in [4.69, 9.17) is 14.2 Å². The van der Waals surface area contributed by atoms with Gasteiger partial charge >= 0.3 is 6.09 Å². The average molecular weight is 329 g/mol. The van der Waals surface area contributed by atoms with Gasteiger partial charge in [-0.1, -0.05) is 0 Å². The van der Waals surface area contributed by atoms with E-state index in [0.717, 1.165) is 19.1 Å². The number of carbonyl (C=O) groups is 2. The molecular weight excluding hydrogens is 298 g/mol. The van der Waals surface area contributed by atoms with Crippen LogP contribution in [0.4, 0.5) is 4.79 Å². The van der Waals surface area contributed by atoms with E-state index in [9.17, 15) is 9.59 Å². The normalized spacial score (nSPS) is 26.2. The van der Waals surface area contributed by atoms with Crippen LogP contribution in [0, 0.1) is 0 Å². The molecule has 6 nitrogen and oxygen atoms in total. The molecule has 0 N–H and O–H groups in total. The molecule has 23 heavy (non-hydrogen) atoms. The van der Waals surface area contributed by atoms with Crippen molar-refractivity contribution in [2.24, 2.45) is 0 Å². The Bertz CT molecular complexity index is 406. The molecule has 0 aromatic carbocycles. The lowest BCUT2D eigenvalue weighted by atomic mass is 9.96. The van der Waals surface area contributed by atoms with Crippen LogP contribution in [0.25, 0.3) is 0 Å². The van der Waals surface area contributed by atoms with E-state index in [-0.39, 0.29) is 25.0 Å². The molecule has 0 bridgehead atoms. The number of ether oxygens (including phenoxy) is 3. The van der Waals surface area contributed by atoms with E-state index in [2.05, 4.69) is 0 Å². The summed E-state index contributed by atoms with van der Waals surface area (Å²) in [6.45, 7) is 9.67. The largest absolute Gasteiger partial charge is 0.444 e. The van der Waals surface area contributed by atoms with Crippen molar-refractivity contribution in [1.82, 2.24) is 4.90 Å². The van der Waals surface area contributed by atoms with Crippen molar-refractivity contribution in [2.45, 2.75) is 83.6 Å². The number of hydrogen-bond donors (Lipinski definition) is 0. The van der Waals surface area contributed by atoms with E-state index in [1.54, 1.807) is 12.0 Å². The zero-order valence-electron chi connectivity index (χ0n) is 15.3. The summed E-state index contributed by atoms with van der Waals surface area (Å²) in [5.74, 6) is 0. The summed E-state index contributed by atoms with van der Waals surface area (Å²) in [7, 11) is 1.58. The Balaban J connectivity index is 2.87. The first-order valence-electron chi connectivity index (χ1n) is 8.19. The molecule has 6 heteroatoms. The molecule has 1 rings (SSSR count). The predicted molar refractivity (Wildman–Crippen MR) is 87.2 cm³/mol. The molecule has 134 valence electrons. The molecule has 3 unspecified atom stereocenters. The lowest BCUT2D eigenvalue weighted by molar-refractivity contribution is -0.110. The molecule has 0 spiro atoms. The van der Waals surface area contributed by atoms with Crippen LogP contribution in [0.2, 0.25) is 0 Å². The third kappa shape index (κ3) is 5.77. The maximum atomic E-state index is 12.7. The van der Waals surface area contributed by atoms with Crippen LogP contribution in [-0.2, 0) is 19.0 Å². The molecule has 1 aliphatic rings. The average Bonchev–Trinajstić information content (AvgIpc) is 2.71. The first-order chi connectivity index (χ1) is 10.6. The van der Waals surface area contributed by atoms with E-state index in [1.807, 2.05) is 34.6 Å². The third-order valence-corrected chi connectivity index (χ3v) is 4.15. The molecule has 1 saturated heterocycles. The Morgan fingerprint density at radius 3 is 2.61 bits per heavy atom. The van der Waals surface area contributed by atoms with Crippen LogP contribution in [0.3, 0.4) is 0 Å². The van der Waals surface area contributed by atoms with E-state index < -0.39 is 11.1 Å². The van der Waals surface area contributed by atoms with Crippen molar-refractivity contribution in [3.05, 3.63) is 0 Å². The first kappa shape index (κ1) is 19.9. The van der Waals surface area contributed by atoms with Gasteiger partial charge in [-0.15, -0.1) is 0 Å². The monoisotopic (exact) mass is 329 g/mol. The molecule has 0 radical (unpaired) electrons. The van der Waals surface area contributed by atoms with Crippen molar-refractivity contribution < 1.29 is 23.8 Å². The van der Waals surface area contributed by atoms with E-state index >= 15 is 0 Å². The first-order valence-corrected chi connectivity index (χ1v) is 8.19. The van der Waals surface area contributed by atoms with Crippen molar-refractivity contribution in [2.75, 3.05) is 13.9 Å². The zero-order valence-corrected chi connectivity index (χ0v) is 15.3. The number of carbonyl (C=O) groups excluding carboxylic acids is 2. The zero-order chi connectivity index (χ0) is 17.7. The maximum Gasteiger partial charge on any atom is 0.411 e. The molecule has 1 heterocycles. The van der Waals surface area contributed by atoms with E-state index in [0.29, 0.717) is 12.8 Å². The minimum atomic E-state index is -0.565. The molecule has 0 aliphatic carbocycles. The van der Waals surface area contributed by atoms with Crippen molar-refractivity contribution in [1.29, 1.82) is 0 Å². The minimum Gasteiger partial charge on any atom is -0.444 e. The lowest BCUT2D eigenvalue weighted by Crippen LogP contribution is -2.51. The van der Waals surface area contributed by atoms with Crippen LogP contribution >= 0.6 is 0 Å². The summed E-state index contributed by atoms with van der Waals surface area (Å²) in [5, 5.41) is 0. The van der Waals surface area contributed by atoms with Crippen LogP contribution in [0.15, 0.2) is 0 Å². The number of methoxy groups -OCH3 is 1. The number of likely N-dealkylation sites (tertiary alicyclic amines) is 1. The summed E-state index contributed by atoms with van der Waals surface area (Å²) in [6, 6.07) is 0.00153. The number of amides is 1. The topological polar surface area (TPSA) is 65.1 Å². The highest BCUT2D eigenvalue weighted by Gasteiger charge is 2.47. The van der Waals surface area contributed by atoms with Crippen LogP contribution in [-0.4, -0.2) is 54.5 Å². The van der Waals surface area contributed by atoms with Gasteiger partial charge in [-0.3, -0.25) is 4.90 Å². The van der Waals surface area contributed by atoms with Crippen LogP contribution < -0.4 is 0 Å². The van der Waals surface area contributed by atoms with Gasteiger partial charge in [0.15, 0.2) is 0 Å². The fraction of sp³-hybridized carbons (Fsp3) is 0.882. The smallest absolute Gasteiger partial charge is 0.411 e. The molecule has 1 aliphatic heterocycles. The van der Waals surface area contributed by atoms with Gasteiger partial charge in [0.05, 0.1) is 11.6 Å². The summed E-state index contributed by atoms with van der Waals surface area (Å²) >= 11 is 0. The van der Waals surface area contributed by atoms with Gasteiger partial charge < -0.3 is 19.0 Å². The van der Waals surface area contributed by atoms with Crippen molar-refractivity contribution in [3.8, 4) is 0 Å². The summed E-state index contributed by atoms with van der Waals surface area (Å²) in [5.41, 5.74) is -1.06. The Labute approximate surface area is 139 Å². The number of rotatable bonds is 7. The van der Waals surface area contributed by atoms with Gasteiger partial charge in [-0.25, -0.2) is 4.79 Å². The molecule has 0 aromatic rings. The van der Waals surface area contributed by atoms with Gasteiger partial charge in [0.1, 0.15) is 18.7 Å². The van der Waals surface area contributed by atoms with Gasteiger partial charge in [0.2, 0.25) is 0 Å². The van der Waals surface area contributed by atoms with E-state index in [1.165, 1.54) is 0 Å². The second-order valence-electron chi connectivity index (χ2n) is 7.53. The minimum absolute atomic E-state index is 0.00153.